The lowest BCUT2D eigenvalue weighted by molar-refractivity contribution is 0.0902. The van der Waals surface area contributed by atoms with E-state index in [1.165, 1.54) is 0 Å². The molecule has 5 nitrogen and oxygen atoms in total. The first-order valence-electron chi connectivity index (χ1n) is 6.45. The van der Waals surface area contributed by atoms with E-state index in [9.17, 15) is 9.90 Å². The number of pyridine rings is 1. The summed E-state index contributed by atoms with van der Waals surface area (Å²) < 4.78 is 1.74. The van der Waals surface area contributed by atoms with Crippen molar-refractivity contribution in [1.29, 1.82) is 0 Å². The van der Waals surface area contributed by atoms with Gasteiger partial charge in [-0.15, -0.1) is 0 Å². The molecule has 2 rings (SSSR count). The van der Waals surface area contributed by atoms with Crippen molar-refractivity contribution >= 4 is 11.6 Å². The van der Waals surface area contributed by atoms with E-state index in [-0.39, 0.29) is 18.6 Å². The predicted octanol–water partition coefficient (Wildman–Crippen LogP) is 1.47. The summed E-state index contributed by atoms with van der Waals surface area (Å²) in [7, 11) is 0. The first-order chi connectivity index (χ1) is 9.11. The van der Waals surface area contributed by atoms with E-state index >= 15 is 0 Å². The molecule has 19 heavy (non-hydrogen) atoms. The molecule has 1 amide bonds. The number of carbonyl (C=O) groups is 1. The highest BCUT2D eigenvalue weighted by Crippen LogP contribution is 2.08. The van der Waals surface area contributed by atoms with Crippen LogP contribution in [0.2, 0.25) is 0 Å². The molecular weight excluding hydrogens is 242 g/mol. The maximum absolute atomic E-state index is 12.2. The molecule has 0 saturated carbocycles. The Bertz CT molecular complexity index is 563. The van der Waals surface area contributed by atoms with Gasteiger partial charge in [0.2, 0.25) is 0 Å². The number of aliphatic hydroxyl groups excluding tert-OH is 1. The van der Waals surface area contributed by atoms with Crippen LogP contribution in [-0.2, 0) is 0 Å². The molecule has 0 radical (unpaired) electrons. The number of aromatic nitrogens is 2. The van der Waals surface area contributed by atoms with E-state index in [2.05, 4.69) is 24.1 Å². The van der Waals surface area contributed by atoms with Crippen LogP contribution in [0.15, 0.2) is 30.6 Å². The van der Waals surface area contributed by atoms with Crippen LogP contribution < -0.4 is 5.32 Å². The van der Waals surface area contributed by atoms with E-state index in [0.29, 0.717) is 11.6 Å². The molecule has 0 aliphatic carbocycles. The van der Waals surface area contributed by atoms with Gasteiger partial charge in [-0.3, -0.25) is 9.20 Å². The third-order valence-electron chi connectivity index (χ3n) is 2.96. The Morgan fingerprint density at radius 3 is 2.95 bits per heavy atom. The highest BCUT2D eigenvalue weighted by Gasteiger charge is 2.17. The largest absolute Gasteiger partial charge is 0.394 e. The lowest BCUT2D eigenvalue weighted by atomic mass is 10.0. The molecule has 1 atom stereocenters. The zero-order chi connectivity index (χ0) is 13.8. The second kappa shape index (κ2) is 5.84. The molecule has 0 aromatic carbocycles. The molecule has 0 spiro atoms. The normalized spacial score (nSPS) is 12.8. The number of fused-ring (bicyclic) bond motifs is 1. The summed E-state index contributed by atoms with van der Waals surface area (Å²) in [6, 6.07) is 5.35. The molecule has 0 aliphatic rings. The summed E-state index contributed by atoms with van der Waals surface area (Å²) in [4.78, 5) is 16.4. The molecule has 2 heterocycles. The van der Waals surface area contributed by atoms with Crippen LogP contribution in [0.25, 0.3) is 5.65 Å². The molecule has 102 valence electrons. The summed E-state index contributed by atoms with van der Waals surface area (Å²) in [6.45, 7) is 4.06. The summed E-state index contributed by atoms with van der Waals surface area (Å²) in [5.74, 6) is 0.207. The standard InChI is InChI=1S/C14H19N3O2/c1-10(2)7-11(9-18)16-14(19)12-8-15-13-5-3-4-6-17(12)13/h3-6,8,10-11,18H,7,9H2,1-2H3,(H,16,19)/t11-/m1/s1. The number of hydrogen-bond acceptors (Lipinski definition) is 3. The van der Waals surface area contributed by atoms with E-state index < -0.39 is 0 Å². The van der Waals surface area contributed by atoms with Crippen molar-refractivity contribution in [3.63, 3.8) is 0 Å². The third-order valence-corrected chi connectivity index (χ3v) is 2.96. The van der Waals surface area contributed by atoms with Gasteiger partial charge in [0, 0.05) is 6.20 Å². The van der Waals surface area contributed by atoms with Crippen LogP contribution in [0.4, 0.5) is 0 Å². The van der Waals surface area contributed by atoms with Gasteiger partial charge in [0.05, 0.1) is 18.8 Å². The molecule has 0 fully saturated rings. The average Bonchev–Trinajstić information content (AvgIpc) is 2.81. The Hall–Kier alpha value is -1.88. The van der Waals surface area contributed by atoms with E-state index in [1.54, 1.807) is 16.8 Å². The van der Waals surface area contributed by atoms with Crippen molar-refractivity contribution in [2.24, 2.45) is 5.92 Å². The van der Waals surface area contributed by atoms with Gasteiger partial charge in [-0.1, -0.05) is 19.9 Å². The van der Waals surface area contributed by atoms with Gasteiger partial charge in [0.15, 0.2) is 0 Å². The average molecular weight is 261 g/mol. The smallest absolute Gasteiger partial charge is 0.270 e. The molecule has 0 aliphatic heterocycles. The predicted molar refractivity (Wildman–Crippen MR) is 73.0 cm³/mol. The maximum atomic E-state index is 12.2. The van der Waals surface area contributed by atoms with E-state index in [1.807, 2.05) is 18.2 Å². The van der Waals surface area contributed by atoms with E-state index in [0.717, 1.165) is 12.1 Å². The number of aliphatic hydroxyl groups is 1. The monoisotopic (exact) mass is 261 g/mol. The van der Waals surface area contributed by atoms with Gasteiger partial charge < -0.3 is 10.4 Å². The van der Waals surface area contributed by atoms with Crippen LogP contribution in [0.3, 0.4) is 0 Å². The highest BCUT2D eigenvalue weighted by molar-refractivity contribution is 5.93. The fraction of sp³-hybridized carbons (Fsp3) is 0.429. The van der Waals surface area contributed by atoms with Crippen molar-refractivity contribution in [3.8, 4) is 0 Å². The lowest BCUT2D eigenvalue weighted by Gasteiger charge is -2.17. The Morgan fingerprint density at radius 1 is 1.47 bits per heavy atom. The van der Waals surface area contributed by atoms with Gasteiger partial charge in [0.25, 0.3) is 5.91 Å². The molecule has 0 saturated heterocycles. The second-order valence-electron chi connectivity index (χ2n) is 5.05. The quantitative estimate of drug-likeness (QED) is 0.856. The van der Waals surface area contributed by atoms with Crippen LogP contribution >= 0.6 is 0 Å². The third kappa shape index (κ3) is 3.12. The van der Waals surface area contributed by atoms with Crippen molar-refractivity contribution in [2.45, 2.75) is 26.3 Å². The van der Waals surface area contributed by atoms with Crippen molar-refractivity contribution in [1.82, 2.24) is 14.7 Å². The number of nitrogens with one attached hydrogen (secondary N) is 1. The van der Waals surface area contributed by atoms with Gasteiger partial charge >= 0.3 is 0 Å². The zero-order valence-corrected chi connectivity index (χ0v) is 11.2. The van der Waals surface area contributed by atoms with Gasteiger partial charge in [-0.05, 0) is 24.5 Å². The summed E-state index contributed by atoms with van der Waals surface area (Å²) in [5.41, 5.74) is 1.22. The fourth-order valence-corrected chi connectivity index (χ4v) is 2.11. The fourth-order valence-electron chi connectivity index (χ4n) is 2.11. The number of carbonyl (C=O) groups excluding carboxylic acids is 1. The Balaban J connectivity index is 2.15. The minimum absolute atomic E-state index is 0.0549. The van der Waals surface area contributed by atoms with Crippen molar-refractivity contribution in [2.75, 3.05) is 6.61 Å². The van der Waals surface area contributed by atoms with Crippen LogP contribution in [0, 0.1) is 5.92 Å². The molecule has 2 aromatic heterocycles. The lowest BCUT2D eigenvalue weighted by Crippen LogP contribution is -2.38. The van der Waals surface area contributed by atoms with Crippen LogP contribution in [0.5, 0.6) is 0 Å². The van der Waals surface area contributed by atoms with Gasteiger partial charge in [0.1, 0.15) is 11.3 Å². The topological polar surface area (TPSA) is 66.6 Å². The Labute approximate surface area is 112 Å². The minimum Gasteiger partial charge on any atom is -0.394 e. The van der Waals surface area contributed by atoms with Crippen LogP contribution in [-0.4, -0.2) is 33.0 Å². The summed E-state index contributed by atoms with van der Waals surface area (Å²) in [5, 5.41) is 12.1. The molecule has 0 unspecified atom stereocenters. The van der Waals surface area contributed by atoms with Gasteiger partial charge in [-0.25, -0.2) is 4.98 Å². The minimum atomic E-state index is -0.221. The molecule has 5 heteroatoms. The van der Waals surface area contributed by atoms with Crippen molar-refractivity contribution in [3.05, 3.63) is 36.3 Å². The van der Waals surface area contributed by atoms with Gasteiger partial charge in [-0.2, -0.15) is 0 Å². The van der Waals surface area contributed by atoms with E-state index in [4.69, 9.17) is 0 Å². The SMILES string of the molecule is CC(C)C[C@H](CO)NC(=O)c1cnc2ccccn12. The van der Waals surface area contributed by atoms with Crippen molar-refractivity contribution < 1.29 is 9.90 Å². The zero-order valence-electron chi connectivity index (χ0n) is 11.2. The number of rotatable bonds is 5. The highest BCUT2D eigenvalue weighted by atomic mass is 16.3. The molecular formula is C14H19N3O2. The molecule has 2 N–H and O–H groups in total. The number of hydrogen-bond donors (Lipinski definition) is 2. The maximum Gasteiger partial charge on any atom is 0.270 e. The number of imidazole rings is 1. The summed E-state index contributed by atoms with van der Waals surface area (Å²) >= 11 is 0. The second-order valence-corrected chi connectivity index (χ2v) is 5.05. The first-order valence-corrected chi connectivity index (χ1v) is 6.45. The Morgan fingerprint density at radius 2 is 2.26 bits per heavy atom. The number of amides is 1. The van der Waals surface area contributed by atoms with Crippen LogP contribution in [0.1, 0.15) is 30.8 Å². The first kappa shape index (κ1) is 13.5. The molecule has 0 bridgehead atoms. The summed E-state index contributed by atoms with van der Waals surface area (Å²) in [6.07, 6.45) is 4.10. The Kier molecular flexibility index (Phi) is 4.16. The molecule has 2 aromatic rings. The number of nitrogens with zero attached hydrogens (tertiary/aromatic N) is 2.